The van der Waals surface area contributed by atoms with Crippen LogP contribution in [0.15, 0.2) is 24.5 Å². The van der Waals surface area contributed by atoms with Crippen molar-refractivity contribution in [2.45, 2.75) is 18.9 Å². The van der Waals surface area contributed by atoms with Crippen molar-refractivity contribution in [3.8, 4) is 0 Å². The molecule has 88 valence electrons. The summed E-state index contributed by atoms with van der Waals surface area (Å²) in [4.78, 5) is 11.0. The number of pyridine rings is 2. The summed E-state index contributed by atoms with van der Waals surface area (Å²) >= 11 is 6.08. The topological polar surface area (TPSA) is 29.0 Å². The fraction of sp³-hybridized carbons (Fsp3) is 0.385. The van der Waals surface area contributed by atoms with Gasteiger partial charge in [0.05, 0.1) is 0 Å². The van der Waals surface area contributed by atoms with Gasteiger partial charge in [-0.1, -0.05) is 17.7 Å². The Morgan fingerprint density at radius 2 is 2.29 bits per heavy atom. The smallest absolute Gasteiger partial charge is 0.155 e. The lowest BCUT2D eigenvalue weighted by Crippen LogP contribution is -2.18. The van der Waals surface area contributed by atoms with Crippen molar-refractivity contribution >= 4 is 22.5 Å². The van der Waals surface area contributed by atoms with Crippen molar-refractivity contribution < 1.29 is 0 Å². The van der Waals surface area contributed by atoms with E-state index in [4.69, 9.17) is 11.6 Å². The van der Waals surface area contributed by atoms with Crippen LogP contribution in [0.25, 0.3) is 10.9 Å². The van der Waals surface area contributed by atoms with E-state index in [1.807, 2.05) is 12.3 Å². The highest BCUT2D eigenvalue weighted by Crippen LogP contribution is 2.35. The highest BCUT2D eigenvalue weighted by molar-refractivity contribution is 6.33. The second kappa shape index (κ2) is 4.24. The lowest BCUT2D eigenvalue weighted by molar-refractivity contribution is 0.318. The summed E-state index contributed by atoms with van der Waals surface area (Å²) in [5, 5.41) is 1.62. The van der Waals surface area contributed by atoms with Crippen LogP contribution < -0.4 is 0 Å². The average molecular weight is 248 g/mol. The van der Waals surface area contributed by atoms with E-state index in [9.17, 15) is 0 Å². The predicted octanol–water partition coefficient (Wildman–Crippen LogP) is 3.05. The number of hydrogen-bond donors (Lipinski definition) is 0. The van der Waals surface area contributed by atoms with Gasteiger partial charge < -0.3 is 0 Å². The maximum Gasteiger partial charge on any atom is 0.155 e. The van der Waals surface area contributed by atoms with Gasteiger partial charge in [0.2, 0.25) is 0 Å². The fourth-order valence-corrected chi connectivity index (χ4v) is 2.83. The van der Waals surface area contributed by atoms with Crippen LogP contribution in [0.5, 0.6) is 0 Å². The number of likely N-dealkylation sites (tertiary alicyclic amines) is 1. The fourth-order valence-electron chi connectivity index (χ4n) is 2.63. The maximum atomic E-state index is 6.08. The summed E-state index contributed by atoms with van der Waals surface area (Å²) < 4.78 is 0. The third kappa shape index (κ3) is 1.79. The first-order chi connectivity index (χ1) is 8.27. The molecule has 3 rings (SSSR count). The molecule has 0 aliphatic carbocycles. The molecule has 0 saturated carbocycles. The Labute approximate surface area is 105 Å². The zero-order valence-corrected chi connectivity index (χ0v) is 10.5. The second-order valence-electron chi connectivity index (χ2n) is 4.54. The van der Waals surface area contributed by atoms with E-state index in [1.54, 1.807) is 6.20 Å². The van der Waals surface area contributed by atoms with Crippen LogP contribution in [0.1, 0.15) is 24.4 Å². The Hall–Kier alpha value is -1.19. The van der Waals surface area contributed by atoms with Crippen molar-refractivity contribution in [3.63, 3.8) is 0 Å². The van der Waals surface area contributed by atoms with E-state index in [-0.39, 0.29) is 0 Å². The molecule has 1 aliphatic heterocycles. The number of rotatable bonds is 1. The zero-order chi connectivity index (χ0) is 11.8. The van der Waals surface area contributed by atoms with Crippen LogP contribution in [-0.2, 0) is 0 Å². The Morgan fingerprint density at radius 1 is 1.41 bits per heavy atom. The van der Waals surface area contributed by atoms with Crippen molar-refractivity contribution in [1.82, 2.24) is 14.9 Å². The van der Waals surface area contributed by atoms with Gasteiger partial charge in [0.25, 0.3) is 0 Å². The summed E-state index contributed by atoms with van der Waals surface area (Å²) in [7, 11) is 2.16. The Morgan fingerprint density at radius 3 is 3.06 bits per heavy atom. The molecule has 0 spiro atoms. The molecule has 0 unspecified atom stereocenters. The number of hydrogen-bond acceptors (Lipinski definition) is 3. The first-order valence-electron chi connectivity index (χ1n) is 5.87. The summed E-state index contributed by atoms with van der Waals surface area (Å²) in [5.74, 6) is 0. The van der Waals surface area contributed by atoms with E-state index in [2.05, 4.69) is 28.0 Å². The number of nitrogens with zero attached hydrogens (tertiary/aromatic N) is 3. The van der Waals surface area contributed by atoms with E-state index in [0.29, 0.717) is 11.2 Å². The molecule has 0 amide bonds. The highest BCUT2D eigenvalue weighted by Gasteiger charge is 2.25. The van der Waals surface area contributed by atoms with Gasteiger partial charge in [-0.2, -0.15) is 0 Å². The molecule has 2 aromatic rings. The van der Waals surface area contributed by atoms with Gasteiger partial charge in [0, 0.05) is 23.8 Å². The third-order valence-corrected chi connectivity index (χ3v) is 3.79. The molecule has 1 aliphatic rings. The molecule has 3 nitrogen and oxygen atoms in total. The van der Waals surface area contributed by atoms with Gasteiger partial charge in [-0.25, -0.2) is 4.98 Å². The molecule has 3 heterocycles. The Bertz CT molecular complexity index is 555. The maximum absolute atomic E-state index is 6.08. The Kier molecular flexibility index (Phi) is 2.73. The van der Waals surface area contributed by atoms with Crippen LogP contribution in [0.2, 0.25) is 5.15 Å². The van der Waals surface area contributed by atoms with E-state index >= 15 is 0 Å². The van der Waals surface area contributed by atoms with Crippen LogP contribution in [-0.4, -0.2) is 28.5 Å². The monoisotopic (exact) mass is 247 g/mol. The molecular weight excluding hydrogens is 234 g/mol. The first kappa shape index (κ1) is 10.9. The lowest BCUT2D eigenvalue weighted by atomic mass is 10.0. The second-order valence-corrected chi connectivity index (χ2v) is 4.90. The average Bonchev–Trinajstić information content (AvgIpc) is 2.77. The standard InChI is InChI=1S/C13H14ClN3/c1-17-7-3-5-11(17)10-8-16-13(14)12-9(10)4-2-6-15-12/h2,4,6,8,11H,3,5,7H2,1H3/t11-/m0/s1. The van der Waals surface area contributed by atoms with Crippen LogP contribution >= 0.6 is 11.6 Å². The quantitative estimate of drug-likeness (QED) is 0.726. The van der Waals surface area contributed by atoms with Gasteiger partial charge in [-0.3, -0.25) is 9.88 Å². The van der Waals surface area contributed by atoms with Crippen LogP contribution in [0, 0.1) is 0 Å². The molecule has 1 saturated heterocycles. The molecule has 1 atom stereocenters. The molecule has 0 N–H and O–H groups in total. The largest absolute Gasteiger partial charge is 0.299 e. The normalized spacial score (nSPS) is 21.2. The summed E-state index contributed by atoms with van der Waals surface area (Å²) in [6.45, 7) is 1.15. The van der Waals surface area contributed by atoms with E-state index in [1.165, 1.54) is 18.4 Å². The number of fused-ring (bicyclic) bond motifs is 1. The minimum Gasteiger partial charge on any atom is -0.299 e. The molecule has 0 bridgehead atoms. The highest BCUT2D eigenvalue weighted by atomic mass is 35.5. The molecule has 2 aromatic heterocycles. The molecule has 0 aromatic carbocycles. The third-order valence-electron chi connectivity index (χ3n) is 3.51. The van der Waals surface area contributed by atoms with Crippen molar-refractivity contribution in [2.75, 3.05) is 13.6 Å². The minimum absolute atomic E-state index is 0.450. The van der Waals surface area contributed by atoms with Gasteiger partial charge in [-0.15, -0.1) is 0 Å². The SMILES string of the molecule is CN1CCC[C@H]1c1cnc(Cl)c2ncccc12. The first-order valence-corrected chi connectivity index (χ1v) is 6.24. The number of halogens is 1. The summed E-state index contributed by atoms with van der Waals surface area (Å²) in [6, 6.07) is 4.49. The van der Waals surface area contributed by atoms with Crippen LogP contribution in [0.4, 0.5) is 0 Å². The van der Waals surface area contributed by atoms with Crippen molar-refractivity contribution in [1.29, 1.82) is 0 Å². The zero-order valence-electron chi connectivity index (χ0n) is 9.73. The van der Waals surface area contributed by atoms with Crippen molar-refractivity contribution in [3.05, 3.63) is 35.2 Å². The molecule has 1 fully saturated rings. The van der Waals surface area contributed by atoms with E-state index < -0.39 is 0 Å². The number of aromatic nitrogens is 2. The van der Waals surface area contributed by atoms with Crippen LogP contribution in [0.3, 0.4) is 0 Å². The molecule has 0 radical (unpaired) electrons. The molecule has 4 heteroatoms. The molecule has 17 heavy (non-hydrogen) atoms. The van der Waals surface area contributed by atoms with Crippen molar-refractivity contribution in [2.24, 2.45) is 0 Å². The summed E-state index contributed by atoms with van der Waals surface area (Å²) in [5.41, 5.74) is 2.06. The summed E-state index contributed by atoms with van der Waals surface area (Å²) in [6.07, 6.45) is 6.09. The lowest BCUT2D eigenvalue weighted by Gasteiger charge is -2.20. The Balaban J connectivity index is 2.20. The molecular formula is C13H14ClN3. The van der Waals surface area contributed by atoms with Gasteiger partial charge >= 0.3 is 0 Å². The predicted molar refractivity (Wildman–Crippen MR) is 69.2 cm³/mol. The van der Waals surface area contributed by atoms with Gasteiger partial charge in [0.15, 0.2) is 5.15 Å². The minimum atomic E-state index is 0.450. The van der Waals surface area contributed by atoms with Gasteiger partial charge in [-0.05, 0) is 38.1 Å². The van der Waals surface area contributed by atoms with E-state index in [0.717, 1.165) is 17.4 Å². The van der Waals surface area contributed by atoms with Gasteiger partial charge in [0.1, 0.15) is 5.52 Å².